The van der Waals surface area contributed by atoms with Crippen molar-refractivity contribution in [1.29, 1.82) is 0 Å². The smallest absolute Gasteiger partial charge is 0.326 e. The lowest BCUT2D eigenvalue weighted by Gasteiger charge is -2.33. The van der Waals surface area contributed by atoms with Crippen LogP contribution in [0.5, 0.6) is 11.5 Å². The van der Waals surface area contributed by atoms with Gasteiger partial charge in [0.25, 0.3) is 0 Å². The lowest BCUT2D eigenvalue weighted by molar-refractivity contribution is -0.155. The maximum absolute atomic E-state index is 13.6. The SMILES string of the molecule is CCOC(=O)[C@@H]([C@H](O)c1ccc(OCc2ccccc2)c(OCc2ccccc2)c1)N(Cc1ccccc1)Cc1ccccc1. The Bertz CT molecular complexity index is 1560. The van der Waals surface area contributed by atoms with Crippen LogP contribution < -0.4 is 9.47 Å². The highest BCUT2D eigenvalue weighted by Crippen LogP contribution is 2.35. The first-order valence-corrected chi connectivity index (χ1v) is 15.2. The first-order valence-electron chi connectivity index (χ1n) is 15.2. The summed E-state index contributed by atoms with van der Waals surface area (Å²) in [6.07, 6.45) is -1.21. The van der Waals surface area contributed by atoms with E-state index in [2.05, 4.69) is 0 Å². The van der Waals surface area contributed by atoms with Crippen LogP contribution in [0.3, 0.4) is 0 Å². The molecule has 5 rings (SSSR count). The van der Waals surface area contributed by atoms with Crippen LogP contribution in [-0.2, 0) is 35.8 Å². The van der Waals surface area contributed by atoms with Crippen LogP contribution in [0.2, 0.25) is 0 Å². The standard InChI is InChI=1S/C39H39NO5/c1-2-43-39(42)37(40(26-30-15-7-3-8-16-30)27-31-17-9-4-10-18-31)38(41)34-23-24-35(44-28-32-19-11-5-12-20-32)36(25-34)45-29-33-21-13-6-14-22-33/h3-25,37-38,41H,2,26-29H2,1H3/t37-,38-/m1/s1. The molecule has 2 atom stereocenters. The average Bonchev–Trinajstić information content (AvgIpc) is 3.08. The summed E-state index contributed by atoms with van der Waals surface area (Å²) in [7, 11) is 0. The Hall–Kier alpha value is -4.91. The molecule has 5 aromatic rings. The fraction of sp³-hybridized carbons (Fsp3) is 0.205. The molecule has 0 saturated heterocycles. The molecule has 0 aliphatic rings. The van der Waals surface area contributed by atoms with E-state index in [1.165, 1.54) is 0 Å². The number of ether oxygens (including phenoxy) is 3. The van der Waals surface area contributed by atoms with Gasteiger partial charge >= 0.3 is 5.97 Å². The summed E-state index contributed by atoms with van der Waals surface area (Å²) in [5.41, 5.74) is 4.58. The molecule has 0 aliphatic carbocycles. The fourth-order valence-corrected chi connectivity index (χ4v) is 5.19. The van der Waals surface area contributed by atoms with Crippen LogP contribution in [0.4, 0.5) is 0 Å². The number of carbonyl (C=O) groups excluding carboxylic acids is 1. The summed E-state index contributed by atoms with van der Waals surface area (Å²) in [6.45, 7) is 3.52. The fourth-order valence-electron chi connectivity index (χ4n) is 5.19. The van der Waals surface area contributed by atoms with E-state index in [0.29, 0.717) is 43.4 Å². The van der Waals surface area contributed by atoms with Crippen molar-refractivity contribution in [3.63, 3.8) is 0 Å². The Kier molecular flexibility index (Phi) is 11.4. The van der Waals surface area contributed by atoms with Gasteiger partial charge in [-0.25, -0.2) is 0 Å². The van der Waals surface area contributed by atoms with Crippen LogP contribution in [-0.4, -0.2) is 28.6 Å². The third-order valence-electron chi connectivity index (χ3n) is 7.46. The van der Waals surface area contributed by atoms with Crippen molar-refractivity contribution in [2.45, 2.75) is 45.4 Å². The molecular weight excluding hydrogens is 562 g/mol. The van der Waals surface area contributed by atoms with Crippen molar-refractivity contribution in [3.8, 4) is 11.5 Å². The van der Waals surface area contributed by atoms with Crippen molar-refractivity contribution in [3.05, 3.63) is 167 Å². The molecular formula is C39H39NO5. The number of benzene rings is 5. The molecule has 0 aromatic heterocycles. The molecule has 1 N–H and O–H groups in total. The molecule has 5 aromatic carbocycles. The summed E-state index contributed by atoms with van der Waals surface area (Å²) in [4.78, 5) is 15.6. The van der Waals surface area contributed by atoms with Gasteiger partial charge in [-0.2, -0.15) is 0 Å². The van der Waals surface area contributed by atoms with Gasteiger partial charge in [-0.05, 0) is 46.9 Å². The topological polar surface area (TPSA) is 68.2 Å². The van der Waals surface area contributed by atoms with Gasteiger partial charge in [-0.3, -0.25) is 9.69 Å². The molecule has 45 heavy (non-hydrogen) atoms. The first kappa shape index (κ1) is 31.5. The molecule has 6 heteroatoms. The number of nitrogens with zero attached hydrogens (tertiary/aromatic N) is 1. The van der Waals surface area contributed by atoms with Gasteiger partial charge in [0.1, 0.15) is 25.4 Å². The third-order valence-corrected chi connectivity index (χ3v) is 7.46. The minimum absolute atomic E-state index is 0.199. The maximum Gasteiger partial charge on any atom is 0.326 e. The zero-order valence-corrected chi connectivity index (χ0v) is 25.5. The number of carbonyl (C=O) groups is 1. The Morgan fingerprint density at radius 1 is 0.622 bits per heavy atom. The van der Waals surface area contributed by atoms with Crippen molar-refractivity contribution in [2.75, 3.05) is 6.61 Å². The number of esters is 1. The summed E-state index contributed by atoms with van der Waals surface area (Å²) in [6, 6.07) is 44.0. The second-order valence-corrected chi connectivity index (χ2v) is 10.8. The van der Waals surface area contributed by atoms with Crippen molar-refractivity contribution in [2.24, 2.45) is 0 Å². The molecule has 0 bridgehead atoms. The van der Waals surface area contributed by atoms with Gasteiger partial charge in [-0.15, -0.1) is 0 Å². The van der Waals surface area contributed by atoms with Gasteiger partial charge in [0.15, 0.2) is 11.5 Å². The number of hydrogen-bond donors (Lipinski definition) is 1. The van der Waals surface area contributed by atoms with Gasteiger partial charge in [-0.1, -0.05) is 127 Å². The number of aliphatic hydroxyl groups excluding tert-OH is 1. The minimum atomic E-state index is -1.21. The lowest BCUT2D eigenvalue weighted by atomic mass is 9.98. The van der Waals surface area contributed by atoms with Crippen LogP contribution in [0.25, 0.3) is 0 Å². The summed E-state index contributed by atoms with van der Waals surface area (Å²) >= 11 is 0. The maximum atomic E-state index is 13.6. The lowest BCUT2D eigenvalue weighted by Crippen LogP contribution is -2.45. The molecule has 6 nitrogen and oxygen atoms in total. The Balaban J connectivity index is 1.48. The Labute approximate surface area is 265 Å². The minimum Gasteiger partial charge on any atom is -0.485 e. The van der Waals surface area contributed by atoms with Crippen molar-refractivity contribution in [1.82, 2.24) is 4.90 Å². The molecule has 0 heterocycles. The zero-order valence-electron chi connectivity index (χ0n) is 25.5. The summed E-state index contributed by atoms with van der Waals surface area (Å²) in [5, 5.41) is 12.0. The summed E-state index contributed by atoms with van der Waals surface area (Å²) in [5.74, 6) is 0.531. The molecule has 0 spiro atoms. The highest BCUT2D eigenvalue weighted by Gasteiger charge is 2.36. The quantitative estimate of drug-likeness (QED) is 0.125. The van der Waals surface area contributed by atoms with Crippen LogP contribution >= 0.6 is 0 Å². The van der Waals surface area contributed by atoms with Crippen LogP contribution in [0.15, 0.2) is 140 Å². The zero-order chi connectivity index (χ0) is 31.3. The van der Waals surface area contributed by atoms with E-state index in [1.54, 1.807) is 25.1 Å². The predicted octanol–water partition coefficient (Wildman–Crippen LogP) is 7.51. The van der Waals surface area contributed by atoms with Crippen LogP contribution in [0.1, 0.15) is 40.8 Å². The van der Waals surface area contributed by atoms with E-state index < -0.39 is 18.1 Å². The van der Waals surface area contributed by atoms with E-state index in [-0.39, 0.29) is 6.61 Å². The van der Waals surface area contributed by atoms with E-state index in [1.807, 2.05) is 126 Å². The van der Waals surface area contributed by atoms with Crippen molar-refractivity contribution >= 4 is 5.97 Å². The van der Waals surface area contributed by atoms with E-state index in [4.69, 9.17) is 14.2 Å². The van der Waals surface area contributed by atoms with E-state index in [0.717, 1.165) is 22.3 Å². The average molecular weight is 602 g/mol. The van der Waals surface area contributed by atoms with E-state index >= 15 is 0 Å². The molecule has 0 fully saturated rings. The largest absolute Gasteiger partial charge is 0.485 e. The second-order valence-electron chi connectivity index (χ2n) is 10.8. The Morgan fingerprint density at radius 2 is 1.07 bits per heavy atom. The van der Waals surface area contributed by atoms with Crippen LogP contribution in [0, 0.1) is 0 Å². The molecule has 0 aliphatic heterocycles. The normalized spacial score (nSPS) is 12.3. The molecule has 230 valence electrons. The molecule has 0 unspecified atom stereocenters. The van der Waals surface area contributed by atoms with Gasteiger partial charge in [0, 0.05) is 13.1 Å². The Morgan fingerprint density at radius 3 is 1.53 bits per heavy atom. The molecule has 0 saturated carbocycles. The number of hydrogen-bond acceptors (Lipinski definition) is 6. The molecule has 0 amide bonds. The van der Waals surface area contributed by atoms with Gasteiger partial charge in [0.2, 0.25) is 0 Å². The second kappa shape index (κ2) is 16.2. The highest BCUT2D eigenvalue weighted by atomic mass is 16.5. The summed E-state index contributed by atoms with van der Waals surface area (Å²) < 4.78 is 18.0. The van der Waals surface area contributed by atoms with Crippen molar-refractivity contribution < 1.29 is 24.1 Å². The first-order chi connectivity index (χ1) is 22.1. The predicted molar refractivity (Wildman–Crippen MR) is 176 cm³/mol. The highest BCUT2D eigenvalue weighted by molar-refractivity contribution is 5.77. The van der Waals surface area contributed by atoms with Gasteiger partial charge in [0.05, 0.1) is 6.61 Å². The number of rotatable bonds is 15. The molecule has 0 radical (unpaired) electrons. The van der Waals surface area contributed by atoms with E-state index in [9.17, 15) is 9.90 Å². The third kappa shape index (κ3) is 9.05. The number of aliphatic hydroxyl groups is 1. The van der Waals surface area contributed by atoms with Gasteiger partial charge < -0.3 is 19.3 Å². The monoisotopic (exact) mass is 601 g/mol.